The van der Waals surface area contributed by atoms with Gasteiger partial charge >= 0.3 is 5.97 Å². The first-order chi connectivity index (χ1) is 33.1. The Balaban J connectivity index is 1.94. The monoisotopic (exact) mass is 995 g/mol. The molecule has 3 rings (SSSR count). The number of nitrogens with two attached hydrogens (primary N) is 1. The van der Waals surface area contributed by atoms with Gasteiger partial charge in [-0.15, -0.1) is 0 Å². The van der Waals surface area contributed by atoms with Gasteiger partial charge in [0.25, 0.3) is 0 Å². The number of amides is 1. The predicted molar refractivity (Wildman–Crippen MR) is 259 cm³/mol. The fraction of sp³-hybridized carbons (Fsp3) is 0.686. The van der Waals surface area contributed by atoms with Crippen molar-refractivity contribution in [2.24, 2.45) is 23.5 Å². The molecule has 2 fully saturated rings. The van der Waals surface area contributed by atoms with Gasteiger partial charge in [-0.2, -0.15) is 0 Å². The number of nitrogens with one attached hydrogen (secondary N) is 1. The van der Waals surface area contributed by atoms with E-state index in [1.165, 1.54) is 0 Å². The molecule has 0 saturated carbocycles. The third-order valence-corrected chi connectivity index (χ3v) is 13.1. The molecule has 19 heteroatoms. The van der Waals surface area contributed by atoms with Crippen LogP contribution in [-0.2, 0) is 28.5 Å². The maximum Gasteiger partial charge on any atom is 0.308 e. The van der Waals surface area contributed by atoms with Crippen molar-refractivity contribution in [2.45, 2.75) is 196 Å². The number of carbonyl (C=O) groups is 2. The molecule has 0 aliphatic carbocycles. The highest BCUT2D eigenvalue weighted by atomic mass is 16.7. The van der Waals surface area contributed by atoms with E-state index in [1.807, 2.05) is 37.3 Å². The van der Waals surface area contributed by atoms with Gasteiger partial charge in [-0.1, -0.05) is 106 Å². The number of aliphatic hydroxyl groups is 11. The van der Waals surface area contributed by atoms with Crippen LogP contribution in [0.1, 0.15) is 92.4 Å². The largest absolute Gasteiger partial charge is 0.462 e. The molecule has 0 aromatic carbocycles. The molecular weight excluding hydrogens is 913 g/mol. The Morgan fingerprint density at radius 1 is 0.729 bits per heavy atom. The maximum absolute atomic E-state index is 13.8. The Labute approximate surface area is 412 Å². The van der Waals surface area contributed by atoms with Crippen molar-refractivity contribution in [3.8, 4) is 0 Å². The van der Waals surface area contributed by atoms with E-state index in [-0.39, 0.29) is 31.6 Å². The van der Waals surface area contributed by atoms with Gasteiger partial charge in [0, 0.05) is 37.5 Å². The van der Waals surface area contributed by atoms with Gasteiger partial charge in [-0.05, 0) is 39.5 Å². The molecule has 0 aromatic heterocycles. The van der Waals surface area contributed by atoms with Gasteiger partial charge in [-0.3, -0.25) is 9.59 Å². The van der Waals surface area contributed by atoms with Crippen molar-refractivity contribution in [3.05, 3.63) is 85.1 Å². The Hall–Kier alpha value is -3.48. The van der Waals surface area contributed by atoms with E-state index < -0.39 is 160 Å². The standard InChI is InChI=1S/C51H82N2O17/c1-6-34(29-54)53-49(65)44-41(60)28-51(66)27-37(57)24-40(59)39(58)22-21-35(55)23-36(56)25-43(61)67-32(4)31(3)46(62)30(2)19-17-15-13-11-9-7-8-10-12-14-16-18-20-38(26-42(44)70-51)69-50-48(64)45(52)47(63)33(5)68-50/h7-20,30-42,44-48,50,54-60,62-64,66H,6,21-29,52H2,1-5H3,(H,53,65)/b8-7+,11-9+,12-10+,15-13+,16-14+,19-17+,20-18+/t30-,31-,32-,33+,34-,35+,36+,37-,38-,39+,40+,41-,42-,44+,45-,46+,47+,48-,50-,51+/m0/s1. The zero-order valence-corrected chi connectivity index (χ0v) is 41.1. The number of hydrogen-bond donors (Lipinski definition) is 13. The number of allylic oxidation sites excluding steroid dienone is 12. The Kier molecular flexibility index (Phi) is 26.5. The smallest absolute Gasteiger partial charge is 0.308 e. The highest BCUT2D eigenvalue weighted by Gasteiger charge is 2.51. The molecule has 14 N–H and O–H groups in total. The second kappa shape index (κ2) is 30.5. The summed E-state index contributed by atoms with van der Waals surface area (Å²) < 4.78 is 23.7. The van der Waals surface area contributed by atoms with Crippen LogP contribution < -0.4 is 11.1 Å². The summed E-state index contributed by atoms with van der Waals surface area (Å²) in [6, 6.07) is -1.82. The molecule has 19 nitrogen and oxygen atoms in total. The second-order valence-electron chi connectivity index (χ2n) is 19.0. The van der Waals surface area contributed by atoms with Crippen LogP contribution in [0.15, 0.2) is 85.1 Å². The summed E-state index contributed by atoms with van der Waals surface area (Å²) in [6.07, 6.45) is 4.47. The van der Waals surface area contributed by atoms with E-state index >= 15 is 0 Å². The molecule has 0 aromatic rings. The first-order valence-corrected chi connectivity index (χ1v) is 24.5. The average Bonchev–Trinajstić information content (AvgIpc) is 3.29. The summed E-state index contributed by atoms with van der Waals surface area (Å²) in [5.41, 5.74) is 6.09. The average molecular weight is 995 g/mol. The molecule has 1 amide bonds. The number of carbonyl (C=O) groups excluding carboxylic acids is 2. The van der Waals surface area contributed by atoms with E-state index in [0.29, 0.717) is 6.42 Å². The lowest BCUT2D eigenvalue weighted by molar-refractivity contribution is -0.307. The minimum atomic E-state index is -2.31. The van der Waals surface area contributed by atoms with Crippen molar-refractivity contribution in [2.75, 3.05) is 6.61 Å². The van der Waals surface area contributed by atoms with E-state index in [9.17, 15) is 65.8 Å². The molecule has 398 valence electrons. The van der Waals surface area contributed by atoms with E-state index in [1.54, 1.807) is 82.4 Å². The number of ether oxygens (including phenoxy) is 4. The van der Waals surface area contributed by atoms with Gasteiger partial charge in [0.15, 0.2) is 12.1 Å². The highest BCUT2D eigenvalue weighted by molar-refractivity contribution is 5.80. The van der Waals surface area contributed by atoms with Crippen LogP contribution in [-0.4, -0.2) is 178 Å². The minimum absolute atomic E-state index is 0.105. The Morgan fingerprint density at radius 3 is 1.90 bits per heavy atom. The summed E-state index contributed by atoms with van der Waals surface area (Å²) in [6.45, 7) is 8.11. The van der Waals surface area contributed by atoms with Crippen molar-refractivity contribution >= 4 is 11.9 Å². The fourth-order valence-corrected chi connectivity index (χ4v) is 8.56. The van der Waals surface area contributed by atoms with Crippen LogP contribution in [0.3, 0.4) is 0 Å². The summed E-state index contributed by atoms with van der Waals surface area (Å²) in [7, 11) is 0. The number of fused-ring (bicyclic) bond motifs is 2. The number of rotatable bonds is 6. The Morgan fingerprint density at radius 2 is 1.31 bits per heavy atom. The fourth-order valence-electron chi connectivity index (χ4n) is 8.56. The van der Waals surface area contributed by atoms with Gasteiger partial charge in [0.05, 0.1) is 98.2 Å². The SMILES string of the molecule is CC[C@@H](CO)NC(=O)[C@H]1[C@@H]2C[C@@H](O[C@@H]3O[C@H](C)[C@@H](O)[C@H](N)[C@@H]3O)/C=C/C=C/C=C/C=C/C=C/C=C/C=C/[C@H](C)[C@@H](O)[C@@H](C)[C@H](C)OC(=O)C[C@H](O)C[C@H](O)CC[C@@H](O)[C@H](O)C[C@H](O)C[C@](O)(C[C@@H]1O)O2. The summed E-state index contributed by atoms with van der Waals surface area (Å²) in [4.78, 5) is 26.5. The normalized spacial score (nSPS) is 43.5. The number of hydrogen-bond acceptors (Lipinski definition) is 18. The third kappa shape index (κ3) is 20.2. The van der Waals surface area contributed by atoms with Gasteiger partial charge in [-0.25, -0.2) is 0 Å². The number of aliphatic hydroxyl groups excluding tert-OH is 10. The molecule has 3 heterocycles. The second-order valence-corrected chi connectivity index (χ2v) is 19.0. The Bertz CT molecular complexity index is 1770. The highest BCUT2D eigenvalue weighted by Crippen LogP contribution is 2.38. The zero-order chi connectivity index (χ0) is 52.1. The van der Waals surface area contributed by atoms with Crippen LogP contribution in [0, 0.1) is 17.8 Å². The summed E-state index contributed by atoms with van der Waals surface area (Å²) >= 11 is 0. The van der Waals surface area contributed by atoms with E-state index in [0.717, 1.165) is 0 Å². The lowest BCUT2D eigenvalue weighted by atomic mass is 9.82. The first-order valence-electron chi connectivity index (χ1n) is 24.5. The third-order valence-electron chi connectivity index (χ3n) is 13.1. The summed E-state index contributed by atoms with van der Waals surface area (Å²) in [5.74, 6) is -5.84. The molecule has 0 unspecified atom stereocenters. The van der Waals surface area contributed by atoms with Crippen molar-refractivity contribution in [1.82, 2.24) is 5.32 Å². The lowest BCUT2D eigenvalue weighted by Crippen LogP contribution is -2.62. The van der Waals surface area contributed by atoms with E-state index in [4.69, 9.17) is 24.7 Å². The lowest BCUT2D eigenvalue weighted by Gasteiger charge is -2.46. The molecule has 0 spiro atoms. The number of cyclic esters (lactones) is 1. The zero-order valence-electron chi connectivity index (χ0n) is 41.1. The van der Waals surface area contributed by atoms with Gasteiger partial charge in [0.2, 0.25) is 5.91 Å². The minimum Gasteiger partial charge on any atom is -0.462 e. The molecule has 70 heavy (non-hydrogen) atoms. The van der Waals surface area contributed by atoms with Crippen LogP contribution in [0.2, 0.25) is 0 Å². The summed E-state index contributed by atoms with van der Waals surface area (Å²) in [5, 5.41) is 122. The molecule has 3 aliphatic rings. The molecule has 0 radical (unpaired) electrons. The van der Waals surface area contributed by atoms with Crippen LogP contribution in [0.5, 0.6) is 0 Å². The molecule has 2 saturated heterocycles. The van der Waals surface area contributed by atoms with Crippen molar-refractivity contribution < 1.29 is 84.7 Å². The quantitative estimate of drug-likeness (QED) is 0.161. The van der Waals surface area contributed by atoms with Crippen LogP contribution >= 0.6 is 0 Å². The van der Waals surface area contributed by atoms with Gasteiger partial charge in [0.1, 0.15) is 12.2 Å². The molecule has 3 aliphatic heterocycles. The van der Waals surface area contributed by atoms with Crippen molar-refractivity contribution in [3.63, 3.8) is 0 Å². The first kappa shape index (κ1) is 60.8. The molecule has 20 atom stereocenters. The number of esters is 1. The molecule has 2 bridgehead atoms. The molecular formula is C51H82N2O17. The van der Waals surface area contributed by atoms with Crippen LogP contribution in [0.25, 0.3) is 0 Å². The maximum atomic E-state index is 13.8. The van der Waals surface area contributed by atoms with E-state index in [2.05, 4.69) is 5.32 Å². The topological polar surface area (TPSA) is 332 Å². The van der Waals surface area contributed by atoms with Crippen molar-refractivity contribution in [1.29, 1.82) is 0 Å². The van der Waals surface area contributed by atoms with Crippen LogP contribution in [0.4, 0.5) is 0 Å². The van der Waals surface area contributed by atoms with Gasteiger partial charge < -0.3 is 86.2 Å². The predicted octanol–water partition coefficient (Wildman–Crippen LogP) is 0.514.